The zero-order valence-corrected chi connectivity index (χ0v) is 11.9. The molecule has 0 spiro atoms. The van der Waals surface area contributed by atoms with Crippen LogP contribution in [0.25, 0.3) is 5.69 Å². The highest BCUT2D eigenvalue weighted by Crippen LogP contribution is 2.35. The van der Waals surface area contributed by atoms with Gasteiger partial charge in [-0.3, -0.25) is 10.1 Å². The Bertz CT molecular complexity index is 868. The van der Waals surface area contributed by atoms with Gasteiger partial charge < -0.3 is 5.84 Å². The lowest BCUT2D eigenvalue weighted by molar-refractivity contribution is -0.384. The van der Waals surface area contributed by atoms with E-state index in [4.69, 9.17) is 5.84 Å². The van der Waals surface area contributed by atoms with Crippen molar-refractivity contribution in [2.45, 2.75) is 12.4 Å². The summed E-state index contributed by atoms with van der Waals surface area (Å²) >= 11 is 4.61. The molecule has 2 N–H and O–H groups in total. The van der Waals surface area contributed by atoms with Gasteiger partial charge in [-0.25, -0.2) is 4.68 Å². The molecule has 7 nitrogen and oxygen atoms in total. The zero-order valence-electron chi connectivity index (χ0n) is 11.1. The summed E-state index contributed by atoms with van der Waals surface area (Å²) < 4.78 is 75.5. The first kappa shape index (κ1) is 17.7. The first-order valence-electron chi connectivity index (χ1n) is 5.74. The molecule has 1 heterocycles. The summed E-state index contributed by atoms with van der Waals surface area (Å²) in [4.78, 5) is 9.78. The highest BCUT2D eigenvalue weighted by molar-refractivity contribution is 7.71. The number of nitrogens with zero attached hydrogens (tertiary/aromatic N) is 4. The van der Waals surface area contributed by atoms with Crippen molar-refractivity contribution < 1.29 is 31.3 Å². The van der Waals surface area contributed by atoms with Crippen molar-refractivity contribution in [1.29, 1.82) is 0 Å². The normalized spacial score (nSPS) is 12.4. The number of benzene rings is 1. The number of alkyl halides is 6. The fourth-order valence-electron chi connectivity index (χ4n) is 1.75. The second-order valence-corrected chi connectivity index (χ2v) is 4.71. The lowest BCUT2D eigenvalue weighted by Crippen LogP contribution is -2.20. The average Bonchev–Trinajstić information content (AvgIpc) is 2.73. The smallest absolute Gasteiger partial charge is 0.335 e. The molecule has 0 aliphatic rings. The lowest BCUT2D eigenvalue weighted by atomic mass is 10.1. The summed E-state index contributed by atoms with van der Waals surface area (Å²) in [7, 11) is 0. The third-order valence-corrected chi connectivity index (χ3v) is 3.16. The molecule has 1 aromatic heterocycles. The monoisotopic (exact) mass is 373 g/mol. The summed E-state index contributed by atoms with van der Waals surface area (Å²) in [5.74, 6) is 3.45. The SMILES string of the molecule is Nn1c(C(F)(F)F)nn(-c2ccc(C(F)(F)F)cc2[N+](=O)[O-])c1=S. The number of hydrogen-bond donors (Lipinski definition) is 1. The molecule has 14 heteroatoms. The van der Waals surface area contributed by atoms with Gasteiger partial charge >= 0.3 is 12.4 Å². The van der Waals surface area contributed by atoms with Crippen molar-refractivity contribution in [2.75, 3.05) is 5.84 Å². The van der Waals surface area contributed by atoms with E-state index in [9.17, 15) is 36.5 Å². The maximum atomic E-state index is 12.7. The molecule has 2 aromatic rings. The Kier molecular flexibility index (Phi) is 4.03. The molecule has 2 rings (SSSR count). The number of nitrogen functional groups attached to an aromatic ring is 1. The van der Waals surface area contributed by atoms with Crippen LogP contribution >= 0.6 is 12.2 Å². The Labute approximate surface area is 133 Å². The van der Waals surface area contributed by atoms with E-state index in [1.165, 1.54) is 0 Å². The number of hydrogen-bond acceptors (Lipinski definition) is 5. The van der Waals surface area contributed by atoms with Crippen LogP contribution < -0.4 is 5.84 Å². The van der Waals surface area contributed by atoms with Gasteiger partial charge in [0.15, 0.2) is 0 Å². The largest absolute Gasteiger partial charge is 0.453 e. The fraction of sp³-hybridized carbons (Fsp3) is 0.200. The first-order valence-corrected chi connectivity index (χ1v) is 6.15. The minimum Gasteiger partial charge on any atom is -0.335 e. The standard InChI is InChI=1S/C10H5F6N5O2S/c11-9(12,13)4-1-2-5(6(3-4)21(22)23)20-8(24)19(17)7(18-20)10(14,15)16/h1-3H,17H2. The van der Waals surface area contributed by atoms with Crippen LogP contribution in [0.5, 0.6) is 0 Å². The minimum absolute atomic E-state index is 0.0449. The average molecular weight is 373 g/mol. The number of nitrogens with two attached hydrogens (primary N) is 1. The number of halogens is 6. The van der Waals surface area contributed by atoms with Crippen molar-refractivity contribution in [1.82, 2.24) is 14.5 Å². The third-order valence-electron chi connectivity index (χ3n) is 2.79. The molecule has 0 radical (unpaired) electrons. The zero-order chi connectivity index (χ0) is 18.4. The molecule has 1 aromatic carbocycles. The summed E-state index contributed by atoms with van der Waals surface area (Å²) in [6.45, 7) is 0. The van der Waals surface area contributed by atoms with Gasteiger partial charge in [0.1, 0.15) is 5.69 Å². The second kappa shape index (κ2) is 5.47. The molecular formula is C10H5F6N5O2S. The van der Waals surface area contributed by atoms with E-state index in [-0.39, 0.29) is 15.4 Å². The second-order valence-electron chi connectivity index (χ2n) is 4.34. The Hall–Kier alpha value is -2.64. The van der Waals surface area contributed by atoms with Crippen LogP contribution in [0.3, 0.4) is 0 Å². The van der Waals surface area contributed by atoms with Crippen LogP contribution in [0.2, 0.25) is 0 Å². The topological polar surface area (TPSA) is 91.9 Å². The minimum atomic E-state index is -5.02. The van der Waals surface area contributed by atoms with Crippen molar-refractivity contribution in [2.24, 2.45) is 0 Å². The molecule has 0 atom stereocenters. The van der Waals surface area contributed by atoms with E-state index in [0.717, 1.165) is 0 Å². The van der Waals surface area contributed by atoms with Crippen LogP contribution in [-0.4, -0.2) is 19.4 Å². The number of nitro benzene ring substituents is 1. The van der Waals surface area contributed by atoms with Gasteiger partial charge in [-0.2, -0.15) is 31.0 Å². The van der Waals surface area contributed by atoms with Gasteiger partial charge in [0.25, 0.3) is 11.5 Å². The van der Waals surface area contributed by atoms with E-state index >= 15 is 0 Å². The van der Waals surface area contributed by atoms with Crippen molar-refractivity contribution >= 4 is 17.9 Å². The van der Waals surface area contributed by atoms with Gasteiger partial charge in [0, 0.05) is 6.07 Å². The van der Waals surface area contributed by atoms with Gasteiger partial charge in [-0.1, -0.05) is 0 Å². The number of aromatic nitrogens is 3. The maximum absolute atomic E-state index is 12.7. The molecule has 0 saturated heterocycles. The van der Waals surface area contributed by atoms with Crippen molar-refractivity contribution in [3.8, 4) is 5.69 Å². The van der Waals surface area contributed by atoms with E-state index in [1.807, 2.05) is 0 Å². The van der Waals surface area contributed by atoms with Crippen LogP contribution in [0.4, 0.5) is 32.0 Å². The van der Waals surface area contributed by atoms with Gasteiger partial charge in [0.05, 0.1) is 10.5 Å². The van der Waals surface area contributed by atoms with Crippen molar-refractivity contribution in [3.05, 3.63) is 44.5 Å². The molecule has 0 unspecified atom stereocenters. The molecule has 0 saturated carbocycles. The highest BCUT2D eigenvalue weighted by Gasteiger charge is 2.39. The Morgan fingerprint density at radius 1 is 1.17 bits per heavy atom. The highest BCUT2D eigenvalue weighted by atomic mass is 32.1. The van der Waals surface area contributed by atoms with E-state index in [2.05, 4.69) is 17.3 Å². The Balaban J connectivity index is 2.75. The van der Waals surface area contributed by atoms with Crippen LogP contribution in [-0.2, 0) is 12.4 Å². The Morgan fingerprint density at radius 2 is 1.75 bits per heavy atom. The van der Waals surface area contributed by atoms with Gasteiger partial charge in [-0.15, -0.1) is 5.10 Å². The predicted molar refractivity (Wildman–Crippen MR) is 69.2 cm³/mol. The number of rotatable bonds is 2. The van der Waals surface area contributed by atoms with Crippen LogP contribution in [0, 0.1) is 14.9 Å². The molecule has 24 heavy (non-hydrogen) atoms. The third kappa shape index (κ3) is 3.04. The molecule has 0 fully saturated rings. The summed E-state index contributed by atoms with van der Waals surface area (Å²) in [5.41, 5.74) is -3.17. The van der Waals surface area contributed by atoms with E-state index in [1.54, 1.807) is 0 Å². The summed E-state index contributed by atoms with van der Waals surface area (Å²) in [5, 5.41) is 14.0. The molecule has 130 valence electrons. The summed E-state index contributed by atoms with van der Waals surface area (Å²) in [6, 6.07) is 1.21. The fourth-order valence-corrected chi connectivity index (χ4v) is 1.98. The lowest BCUT2D eigenvalue weighted by Gasteiger charge is -2.08. The van der Waals surface area contributed by atoms with Gasteiger partial charge in [0.2, 0.25) is 4.77 Å². The maximum Gasteiger partial charge on any atom is 0.453 e. The van der Waals surface area contributed by atoms with Crippen LogP contribution in [0.15, 0.2) is 18.2 Å². The molecule has 0 bridgehead atoms. The molecule has 0 aliphatic carbocycles. The predicted octanol–water partition coefficient (Wildman–Crippen LogP) is 3.06. The number of nitro groups is 1. The molecule has 0 aliphatic heterocycles. The van der Waals surface area contributed by atoms with E-state index in [0.29, 0.717) is 12.1 Å². The van der Waals surface area contributed by atoms with E-state index < -0.39 is 44.8 Å². The molecule has 0 amide bonds. The van der Waals surface area contributed by atoms with Gasteiger partial charge in [-0.05, 0) is 24.4 Å². The quantitative estimate of drug-likeness (QED) is 0.287. The Morgan fingerprint density at radius 3 is 2.17 bits per heavy atom. The summed E-state index contributed by atoms with van der Waals surface area (Å²) in [6.07, 6.45) is -9.90. The van der Waals surface area contributed by atoms with Crippen LogP contribution in [0.1, 0.15) is 11.4 Å². The first-order chi connectivity index (χ1) is 10.8. The van der Waals surface area contributed by atoms with Crippen molar-refractivity contribution in [3.63, 3.8) is 0 Å². The molecular weight excluding hydrogens is 368 g/mol.